The van der Waals surface area contributed by atoms with Crippen molar-refractivity contribution in [3.63, 3.8) is 0 Å². The molecule has 1 N–H and O–H groups in total. The van der Waals surface area contributed by atoms with Gasteiger partial charge in [0.2, 0.25) is 12.5 Å². The van der Waals surface area contributed by atoms with Gasteiger partial charge in [0.25, 0.3) is 0 Å². The number of likely N-dealkylation sites (N-methyl/N-ethyl adjacent to an activating group) is 1. The molecule has 2 saturated heterocycles. The molecule has 35 heavy (non-hydrogen) atoms. The summed E-state index contributed by atoms with van der Waals surface area (Å²) in [4.78, 5) is 18.1. The molecule has 186 valence electrons. The first-order valence-corrected chi connectivity index (χ1v) is 12.0. The van der Waals surface area contributed by atoms with Crippen LogP contribution in [0.2, 0.25) is 0 Å². The van der Waals surface area contributed by atoms with Gasteiger partial charge in [-0.1, -0.05) is 0 Å². The molecule has 6 rings (SSSR count). The maximum Gasteiger partial charge on any atom is 0.310 e. The van der Waals surface area contributed by atoms with Crippen molar-refractivity contribution < 1.29 is 33.6 Å². The number of cyclic esters (lactones) is 1. The summed E-state index contributed by atoms with van der Waals surface area (Å²) in [6.07, 6.45) is 0. The van der Waals surface area contributed by atoms with Gasteiger partial charge in [-0.3, -0.25) is 9.69 Å². The minimum absolute atomic E-state index is 0.0189. The predicted molar refractivity (Wildman–Crippen MR) is 125 cm³/mol. The number of hydrogen-bond donors (Lipinski definition) is 1. The van der Waals surface area contributed by atoms with Crippen LogP contribution in [0.25, 0.3) is 0 Å². The van der Waals surface area contributed by atoms with Crippen LogP contribution in [0.5, 0.6) is 28.7 Å². The number of benzene rings is 2. The van der Waals surface area contributed by atoms with Crippen molar-refractivity contribution in [2.45, 2.75) is 12.0 Å². The largest absolute Gasteiger partial charge is 0.502 e. The van der Waals surface area contributed by atoms with Gasteiger partial charge in [0.05, 0.1) is 26.7 Å². The van der Waals surface area contributed by atoms with Gasteiger partial charge in [-0.25, -0.2) is 0 Å². The van der Waals surface area contributed by atoms with Crippen LogP contribution in [0.3, 0.4) is 0 Å². The first kappa shape index (κ1) is 22.3. The van der Waals surface area contributed by atoms with Crippen LogP contribution < -0.4 is 18.9 Å². The minimum atomic E-state index is -0.383. The van der Waals surface area contributed by atoms with E-state index < -0.39 is 0 Å². The van der Waals surface area contributed by atoms with Gasteiger partial charge in [-0.15, -0.1) is 0 Å². The van der Waals surface area contributed by atoms with E-state index in [2.05, 4.69) is 22.9 Å². The van der Waals surface area contributed by atoms with Crippen LogP contribution in [0, 0.1) is 11.8 Å². The molecule has 0 unspecified atom stereocenters. The molecule has 0 saturated carbocycles. The molecule has 1 aliphatic carbocycles. The maximum atomic E-state index is 13.3. The van der Waals surface area contributed by atoms with Crippen LogP contribution in [-0.4, -0.2) is 81.7 Å². The van der Waals surface area contributed by atoms with Crippen molar-refractivity contribution in [3.05, 3.63) is 41.0 Å². The number of carbonyl (C=O) groups excluding carboxylic acids is 1. The highest BCUT2D eigenvalue weighted by Crippen LogP contribution is 2.57. The average molecular weight is 483 g/mol. The van der Waals surface area contributed by atoms with Crippen LogP contribution in [0.4, 0.5) is 0 Å². The van der Waals surface area contributed by atoms with E-state index in [1.54, 1.807) is 12.1 Å². The van der Waals surface area contributed by atoms with Crippen molar-refractivity contribution in [2.24, 2.45) is 11.8 Å². The van der Waals surface area contributed by atoms with Crippen molar-refractivity contribution >= 4 is 5.97 Å². The number of methoxy groups -OCH3 is 2. The third-order valence-electron chi connectivity index (χ3n) is 7.94. The Bertz CT molecular complexity index is 1140. The standard InChI is InChI=1S/C26H30N2O7/c1-27-4-6-28(7-5-27)24-16-11-19-18(34-13-35-19)10-15(16)22(23-17(24)12-33-26(23)30)14-8-20(31-2)25(29)21(9-14)32-3/h8-11,17,22-24,29H,4-7,12-13H2,1-3H3/t17-,22+,23-,24+/m0/s1. The lowest BCUT2D eigenvalue weighted by atomic mass is 9.64. The summed E-state index contributed by atoms with van der Waals surface area (Å²) in [7, 11) is 5.14. The second kappa shape index (κ2) is 8.49. The van der Waals surface area contributed by atoms with Crippen molar-refractivity contribution in [1.82, 2.24) is 9.80 Å². The molecule has 0 aromatic heterocycles. The van der Waals surface area contributed by atoms with Crippen molar-refractivity contribution in [1.29, 1.82) is 0 Å². The van der Waals surface area contributed by atoms with Gasteiger partial charge in [-0.2, -0.15) is 0 Å². The Balaban J connectivity index is 1.55. The number of hydrogen-bond acceptors (Lipinski definition) is 9. The third kappa shape index (κ3) is 3.48. The molecule has 4 atom stereocenters. The molecule has 3 heterocycles. The summed E-state index contributed by atoms with van der Waals surface area (Å²) < 4.78 is 28.1. The van der Waals surface area contributed by atoms with Gasteiger partial charge in [0.15, 0.2) is 23.0 Å². The average Bonchev–Trinajstić information content (AvgIpc) is 3.48. The number of phenolic OH excluding ortho intramolecular Hbond substituents is 1. The van der Waals surface area contributed by atoms with E-state index in [-0.39, 0.29) is 42.3 Å². The van der Waals surface area contributed by atoms with Gasteiger partial charge in [0.1, 0.15) is 0 Å². The summed E-state index contributed by atoms with van der Waals surface area (Å²) in [6.45, 7) is 4.32. The highest BCUT2D eigenvalue weighted by atomic mass is 16.7. The fourth-order valence-corrected chi connectivity index (χ4v) is 6.19. The number of esters is 1. The molecular weight excluding hydrogens is 452 g/mol. The van der Waals surface area contributed by atoms with Crippen LogP contribution in [-0.2, 0) is 9.53 Å². The van der Waals surface area contributed by atoms with Gasteiger partial charge in [-0.05, 0) is 48.0 Å². The summed E-state index contributed by atoms with van der Waals surface area (Å²) in [5.74, 6) is 1.01. The zero-order valence-corrected chi connectivity index (χ0v) is 20.2. The lowest BCUT2D eigenvalue weighted by Crippen LogP contribution is -2.50. The van der Waals surface area contributed by atoms with Gasteiger partial charge >= 0.3 is 5.97 Å². The van der Waals surface area contributed by atoms with Crippen LogP contribution in [0.1, 0.15) is 28.7 Å². The van der Waals surface area contributed by atoms with E-state index in [0.29, 0.717) is 23.9 Å². The Morgan fingerprint density at radius 1 is 0.914 bits per heavy atom. The van der Waals surface area contributed by atoms with E-state index in [9.17, 15) is 9.90 Å². The number of piperazine rings is 1. The summed E-state index contributed by atoms with van der Waals surface area (Å²) >= 11 is 0. The number of aromatic hydroxyl groups is 1. The molecule has 0 amide bonds. The molecule has 9 nitrogen and oxygen atoms in total. The summed E-state index contributed by atoms with van der Waals surface area (Å²) in [5.41, 5.74) is 2.96. The number of nitrogens with zero attached hydrogens (tertiary/aromatic N) is 2. The maximum absolute atomic E-state index is 13.3. The Hall–Kier alpha value is -3.17. The topological polar surface area (TPSA) is 89.9 Å². The Kier molecular flexibility index (Phi) is 5.41. The second-order valence-electron chi connectivity index (χ2n) is 9.69. The number of carbonyl (C=O) groups is 1. The van der Waals surface area contributed by atoms with Crippen molar-refractivity contribution in [3.8, 4) is 28.7 Å². The monoisotopic (exact) mass is 482 g/mol. The first-order valence-electron chi connectivity index (χ1n) is 12.0. The predicted octanol–water partition coefficient (Wildman–Crippen LogP) is 2.36. The van der Waals surface area contributed by atoms with Gasteiger partial charge < -0.3 is 33.7 Å². The van der Waals surface area contributed by atoms with Gasteiger partial charge in [0, 0.05) is 44.1 Å². The molecule has 2 aromatic carbocycles. The molecule has 3 aliphatic heterocycles. The molecular formula is C26H30N2O7. The molecule has 0 spiro atoms. The first-order chi connectivity index (χ1) is 17.0. The number of phenols is 1. The second-order valence-corrected chi connectivity index (χ2v) is 9.69. The van der Waals surface area contributed by atoms with E-state index in [4.69, 9.17) is 23.7 Å². The molecule has 2 aromatic rings. The van der Waals surface area contributed by atoms with E-state index >= 15 is 0 Å². The smallest absolute Gasteiger partial charge is 0.310 e. The molecule has 0 radical (unpaired) electrons. The number of ether oxygens (including phenoxy) is 5. The normalized spacial score (nSPS) is 27.8. The number of fused-ring (bicyclic) bond motifs is 3. The van der Waals surface area contributed by atoms with Crippen molar-refractivity contribution in [2.75, 3.05) is 60.8 Å². The fraction of sp³-hybridized carbons (Fsp3) is 0.500. The Morgan fingerprint density at radius 3 is 2.17 bits per heavy atom. The molecule has 0 bridgehead atoms. The number of rotatable bonds is 4. The highest BCUT2D eigenvalue weighted by molar-refractivity contribution is 5.79. The van der Waals surface area contributed by atoms with Crippen LogP contribution in [0.15, 0.2) is 24.3 Å². The summed E-state index contributed by atoms with van der Waals surface area (Å²) in [5, 5.41) is 10.5. The lowest BCUT2D eigenvalue weighted by molar-refractivity contribution is -0.141. The SMILES string of the molecule is COc1cc([C@@H]2c3cc4c(cc3[C@@H](N3CCN(C)CC3)[C@H]3COC(=O)[C@H]23)OCO4)cc(OC)c1O. The zero-order valence-electron chi connectivity index (χ0n) is 20.2. The summed E-state index contributed by atoms with van der Waals surface area (Å²) in [6, 6.07) is 7.70. The Labute approximate surface area is 204 Å². The Morgan fingerprint density at radius 2 is 1.54 bits per heavy atom. The molecule has 9 heteroatoms. The van der Waals surface area contributed by atoms with E-state index in [0.717, 1.165) is 48.6 Å². The zero-order chi connectivity index (χ0) is 24.3. The lowest BCUT2D eigenvalue weighted by Gasteiger charge is -2.46. The third-order valence-corrected chi connectivity index (χ3v) is 7.94. The van der Waals surface area contributed by atoms with E-state index in [1.807, 2.05) is 6.07 Å². The quantitative estimate of drug-likeness (QED) is 0.660. The molecule has 4 aliphatic rings. The van der Waals surface area contributed by atoms with E-state index in [1.165, 1.54) is 14.2 Å². The highest BCUT2D eigenvalue weighted by Gasteiger charge is 2.54. The molecule has 2 fully saturated rings. The van der Waals surface area contributed by atoms with Crippen LogP contribution >= 0.6 is 0 Å². The fourth-order valence-electron chi connectivity index (χ4n) is 6.19. The minimum Gasteiger partial charge on any atom is -0.502 e.